The van der Waals surface area contributed by atoms with E-state index in [0.29, 0.717) is 12.2 Å². The SMILES string of the molecule is CCOC(c1ccccc1)C(O)c1c(F)ccc(Br)c1F. The van der Waals surface area contributed by atoms with Gasteiger partial charge in [0, 0.05) is 6.61 Å². The highest BCUT2D eigenvalue weighted by Gasteiger charge is 2.29. The molecule has 0 aliphatic carbocycles. The Balaban J connectivity index is 2.44. The Hall–Kier alpha value is -1.30. The third kappa shape index (κ3) is 3.48. The molecule has 5 heteroatoms. The van der Waals surface area contributed by atoms with E-state index in [0.717, 1.165) is 6.07 Å². The van der Waals surface area contributed by atoms with Gasteiger partial charge in [0.2, 0.25) is 0 Å². The molecule has 2 aromatic carbocycles. The lowest BCUT2D eigenvalue weighted by atomic mass is 9.97. The lowest BCUT2D eigenvalue weighted by Gasteiger charge is -2.24. The van der Waals surface area contributed by atoms with Crippen molar-refractivity contribution in [2.75, 3.05) is 6.61 Å². The molecular weight excluding hydrogens is 342 g/mol. The van der Waals surface area contributed by atoms with Gasteiger partial charge in [-0.15, -0.1) is 0 Å². The van der Waals surface area contributed by atoms with Crippen LogP contribution in [0.4, 0.5) is 8.78 Å². The Kier molecular flexibility index (Phi) is 5.45. The molecule has 2 atom stereocenters. The van der Waals surface area contributed by atoms with E-state index in [4.69, 9.17) is 4.74 Å². The van der Waals surface area contributed by atoms with Crippen LogP contribution >= 0.6 is 15.9 Å². The van der Waals surface area contributed by atoms with Crippen LogP contribution in [0.2, 0.25) is 0 Å². The van der Waals surface area contributed by atoms with Gasteiger partial charge in [-0.2, -0.15) is 0 Å². The molecule has 112 valence electrons. The predicted molar refractivity (Wildman–Crippen MR) is 79.8 cm³/mol. The van der Waals surface area contributed by atoms with Crippen LogP contribution in [0.1, 0.15) is 30.3 Å². The molecule has 2 nitrogen and oxygen atoms in total. The first-order valence-corrected chi connectivity index (χ1v) is 7.33. The molecule has 0 aromatic heterocycles. The van der Waals surface area contributed by atoms with Crippen molar-refractivity contribution >= 4 is 15.9 Å². The van der Waals surface area contributed by atoms with E-state index in [1.165, 1.54) is 6.07 Å². The zero-order chi connectivity index (χ0) is 15.4. The summed E-state index contributed by atoms with van der Waals surface area (Å²) in [7, 11) is 0. The average Bonchev–Trinajstić information content (AvgIpc) is 2.49. The fourth-order valence-corrected chi connectivity index (χ4v) is 2.50. The van der Waals surface area contributed by atoms with Crippen LogP contribution in [0.3, 0.4) is 0 Å². The van der Waals surface area contributed by atoms with Crippen LogP contribution in [0, 0.1) is 11.6 Å². The van der Waals surface area contributed by atoms with Crippen LogP contribution in [0.15, 0.2) is 46.9 Å². The normalized spacial score (nSPS) is 14.0. The fraction of sp³-hybridized carbons (Fsp3) is 0.250. The summed E-state index contributed by atoms with van der Waals surface area (Å²) in [5.41, 5.74) is 0.261. The standard InChI is InChI=1S/C16H15BrF2O2/c1-2-21-16(10-6-4-3-5-7-10)15(20)13-12(18)9-8-11(17)14(13)19/h3-9,15-16,20H,2H2,1H3. The molecule has 0 radical (unpaired) electrons. The Morgan fingerprint density at radius 1 is 1.14 bits per heavy atom. The third-order valence-electron chi connectivity index (χ3n) is 3.14. The molecule has 0 heterocycles. The minimum Gasteiger partial charge on any atom is -0.385 e. The predicted octanol–water partition coefficient (Wildman–Crippen LogP) is 4.54. The monoisotopic (exact) mass is 356 g/mol. The third-order valence-corrected chi connectivity index (χ3v) is 3.75. The zero-order valence-electron chi connectivity index (χ0n) is 11.4. The summed E-state index contributed by atoms with van der Waals surface area (Å²) < 4.78 is 33.6. The molecule has 0 aliphatic heterocycles. The van der Waals surface area contributed by atoms with Crippen LogP contribution in [-0.4, -0.2) is 11.7 Å². The van der Waals surface area contributed by atoms with Crippen molar-refractivity contribution in [3.05, 3.63) is 69.7 Å². The largest absolute Gasteiger partial charge is 0.385 e. The zero-order valence-corrected chi connectivity index (χ0v) is 13.0. The Morgan fingerprint density at radius 2 is 1.81 bits per heavy atom. The van der Waals surface area contributed by atoms with Gasteiger partial charge in [-0.25, -0.2) is 8.78 Å². The van der Waals surface area contributed by atoms with Crippen molar-refractivity contribution in [3.8, 4) is 0 Å². The van der Waals surface area contributed by atoms with Crippen molar-refractivity contribution < 1.29 is 18.6 Å². The summed E-state index contributed by atoms with van der Waals surface area (Å²) in [5, 5.41) is 10.4. The van der Waals surface area contributed by atoms with Crippen molar-refractivity contribution in [3.63, 3.8) is 0 Å². The first-order chi connectivity index (χ1) is 10.1. The number of halogens is 3. The molecular formula is C16H15BrF2O2. The average molecular weight is 357 g/mol. The van der Waals surface area contributed by atoms with Gasteiger partial charge in [0.15, 0.2) is 0 Å². The van der Waals surface area contributed by atoms with Gasteiger partial charge in [-0.3, -0.25) is 0 Å². The Morgan fingerprint density at radius 3 is 2.43 bits per heavy atom. The van der Waals surface area contributed by atoms with Gasteiger partial charge in [0.05, 0.1) is 10.0 Å². The van der Waals surface area contributed by atoms with Crippen molar-refractivity contribution in [1.82, 2.24) is 0 Å². The molecule has 0 spiro atoms. The van der Waals surface area contributed by atoms with E-state index in [-0.39, 0.29) is 4.47 Å². The highest BCUT2D eigenvalue weighted by atomic mass is 79.9. The second-order valence-corrected chi connectivity index (χ2v) is 5.34. The first kappa shape index (κ1) is 16.1. The number of ether oxygens (including phenoxy) is 1. The molecule has 0 saturated carbocycles. The van der Waals surface area contributed by atoms with E-state index in [1.807, 2.05) is 6.07 Å². The minimum atomic E-state index is -1.44. The molecule has 0 aliphatic rings. The topological polar surface area (TPSA) is 29.5 Å². The van der Waals surface area contributed by atoms with Crippen LogP contribution in [0.25, 0.3) is 0 Å². The number of benzene rings is 2. The first-order valence-electron chi connectivity index (χ1n) is 6.54. The summed E-state index contributed by atoms with van der Waals surface area (Å²) in [6.07, 6.45) is -2.28. The Bertz CT molecular complexity index is 605. The number of hydrogen-bond acceptors (Lipinski definition) is 2. The number of aliphatic hydroxyl groups excluding tert-OH is 1. The summed E-state index contributed by atoms with van der Waals surface area (Å²) in [5.74, 6) is -1.62. The van der Waals surface area contributed by atoms with Crippen molar-refractivity contribution in [1.29, 1.82) is 0 Å². The maximum absolute atomic E-state index is 14.1. The maximum atomic E-state index is 14.1. The smallest absolute Gasteiger partial charge is 0.146 e. The highest BCUT2D eigenvalue weighted by molar-refractivity contribution is 9.10. The fourth-order valence-electron chi connectivity index (χ4n) is 2.16. The summed E-state index contributed by atoms with van der Waals surface area (Å²) in [6.45, 7) is 2.07. The van der Waals surface area contributed by atoms with Gasteiger partial charge < -0.3 is 9.84 Å². The van der Waals surface area contributed by atoms with Crippen LogP contribution in [0.5, 0.6) is 0 Å². The van der Waals surface area contributed by atoms with E-state index in [9.17, 15) is 13.9 Å². The van der Waals surface area contributed by atoms with Crippen LogP contribution in [-0.2, 0) is 4.74 Å². The molecule has 1 N–H and O–H groups in total. The molecule has 0 saturated heterocycles. The quantitative estimate of drug-likeness (QED) is 0.797. The highest BCUT2D eigenvalue weighted by Crippen LogP contribution is 2.36. The van der Waals surface area contributed by atoms with Gasteiger partial charge in [-0.1, -0.05) is 30.3 Å². The lowest BCUT2D eigenvalue weighted by molar-refractivity contribution is -0.0390. The molecule has 0 fully saturated rings. The van der Waals surface area contributed by atoms with E-state index < -0.39 is 29.4 Å². The molecule has 0 amide bonds. The number of aliphatic hydroxyl groups is 1. The molecule has 2 unspecified atom stereocenters. The summed E-state index contributed by atoms with van der Waals surface area (Å²) in [4.78, 5) is 0. The van der Waals surface area contributed by atoms with E-state index in [1.54, 1.807) is 31.2 Å². The summed E-state index contributed by atoms with van der Waals surface area (Å²) in [6, 6.07) is 11.2. The van der Waals surface area contributed by atoms with Crippen molar-refractivity contribution in [2.45, 2.75) is 19.1 Å². The molecule has 2 aromatic rings. The van der Waals surface area contributed by atoms with E-state index >= 15 is 0 Å². The Labute approximate surface area is 130 Å². The van der Waals surface area contributed by atoms with Gasteiger partial charge in [0.25, 0.3) is 0 Å². The second kappa shape index (κ2) is 7.11. The lowest BCUT2D eigenvalue weighted by Crippen LogP contribution is -2.17. The van der Waals surface area contributed by atoms with E-state index in [2.05, 4.69) is 15.9 Å². The number of rotatable bonds is 5. The van der Waals surface area contributed by atoms with Gasteiger partial charge >= 0.3 is 0 Å². The van der Waals surface area contributed by atoms with Crippen LogP contribution < -0.4 is 0 Å². The van der Waals surface area contributed by atoms with Gasteiger partial charge in [-0.05, 0) is 40.5 Å². The summed E-state index contributed by atoms with van der Waals surface area (Å²) >= 11 is 3.00. The minimum absolute atomic E-state index is 0.0984. The molecule has 0 bridgehead atoms. The van der Waals surface area contributed by atoms with Crippen molar-refractivity contribution in [2.24, 2.45) is 0 Å². The maximum Gasteiger partial charge on any atom is 0.146 e. The second-order valence-electron chi connectivity index (χ2n) is 4.49. The molecule has 2 rings (SSSR count). The molecule has 21 heavy (non-hydrogen) atoms. The number of hydrogen-bond donors (Lipinski definition) is 1. The van der Waals surface area contributed by atoms with Gasteiger partial charge in [0.1, 0.15) is 23.8 Å².